The lowest BCUT2D eigenvalue weighted by Crippen LogP contribution is -2.18. The van der Waals surface area contributed by atoms with E-state index in [0.717, 1.165) is 22.8 Å². The maximum absolute atomic E-state index is 12.9. The number of anilines is 1. The molecule has 134 valence electrons. The summed E-state index contributed by atoms with van der Waals surface area (Å²) in [4.78, 5) is 16.6. The molecule has 0 aliphatic heterocycles. The minimum atomic E-state index is -0.207. The Morgan fingerprint density at radius 2 is 1.96 bits per heavy atom. The number of amides is 1. The first-order valence-electron chi connectivity index (χ1n) is 8.75. The molecule has 1 aromatic carbocycles. The topological polar surface area (TPSA) is 42.0 Å². The smallest absolute Gasteiger partial charge is 0.226 e. The number of halogens is 1. The Hall–Kier alpha value is -1.40. The molecule has 0 bridgehead atoms. The van der Waals surface area contributed by atoms with E-state index in [0.29, 0.717) is 17.5 Å². The van der Waals surface area contributed by atoms with Crippen molar-refractivity contribution in [3.63, 3.8) is 0 Å². The van der Waals surface area contributed by atoms with Gasteiger partial charge in [-0.2, -0.15) is 11.8 Å². The van der Waals surface area contributed by atoms with Crippen molar-refractivity contribution in [3.05, 3.63) is 46.7 Å². The van der Waals surface area contributed by atoms with Crippen molar-refractivity contribution in [2.24, 2.45) is 5.92 Å². The fraction of sp³-hybridized carbons (Fsp3) is 0.474. The molecule has 0 saturated heterocycles. The molecule has 2 aromatic rings. The van der Waals surface area contributed by atoms with E-state index in [9.17, 15) is 9.18 Å². The zero-order chi connectivity index (χ0) is 17.5. The maximum atomic E-state index is 12.9. The molecule has 1 aliphatic rings. The van der Waals surface area contributed by atoms with Crippen LogP contribution in [0.25, 0.3) is 0 Å². The van der Waals surface area contributed by atoms with Crippen molar-refractivity contribution >= 4 is 34.1 Å². The Morgan fingerprint density at radius 1 is 1.20 bits per heavy atom. The number of nitrogens with zero attached hydrogens (tertiary/aromatic N) is 1. The van der Waals surface area contributed by atoms with Gasteiger partial charge >= 0.3 is 0 Å². The van der Waals surface area contributed by atoms with Crippen LogP contribution in [0.4, 0.5) is 9.52 Å². The molecule has 0 spiro atoms. The van der Waals surface area contributed by atoms with Gasteiger partial charge in [-0.15, -0.1) is 11.3 Å². The van der Waals surface area contributed by atoms with E-state index in [4.69, 9.17) is 0 Å². The van der Waals surface area contributed by atoms with E-state index >= 15 is 0 Å². The standard InChI is InChI=1S/C19H23FN2OS2/c20-16-8-6-15(7-9-16)11-24-12-17-13-25-19(21-17)22-18(23)10-14-4-2-1-3-5-14/h6-9,13-14H,1-5,10-12H2,(H,21,22,23). The van der Waals surface area contributed by atoms with Crippen LogP contribution < -0.4 is 5.32 Å². The van der Waals surface area contributed by atoms with E-state index in [-0.39, 0.29) is 11.7 Å². The van der Waals surface area contributed by atoms with Gasteiger partial charge in [0.25, 0.3) is 0 Å². The molecular weight excluding hydrogens is 355 g/mol. The predicted octanol–water partition coefficient (Wildman–Crippen LogP) is 5.62. The van der Waals surface area contributed by atoms with Crippen LogP contribution >= 0.6 is 23.1 Å². The Bertz CT molecular complexity index is 681. The third-order valence-electron chi connectivity index (χ3n) is 4.43. The second kappa shape index (κ2) is 9.34. The number of nitrogens with one attached hydrogen (secondary N) is 1. The summed E-state index contributed by atoms with van der Waals surface area (Å²) in [6.07, 6.45) is 6.79. The largest absolute Gasteiger partial charge is 0.302 e. The number of thiazole rings is 1. The molecule has 1 heterocycles. The number of benzene rings is 1. The molecule has 0 atom stereocenters. The van der Waals surface area contributed by atoms with Crippen molar-refractivity contribution in [2.45, 2.75) is 50.0 Å². The van der Waals surface area contributed by atoms with Crippen LogP contribution in [-0.4, -0.2) is 10.9 Å². The van der Waals surface area contributed by atoms with Crippen LogP contribution in [0.3, 0.4) is 0 Å². The van der Waals surface area contributed by atoms with Gasteiger partial charge < -0.3 is 5.32 Å². The summed E-state index contributed by atoms with van der Waals surface area (Å²) >= 11 is 3.22. The minimum absolute atomic E-state index is 0.0896. The van der Waals surface area contributed by atoms with Crippen LogP contribution in [-0.2, 0) is 16.3 Å². The Balaban J connectivity index is 1.40. The van der Waals surface area contributed by atoms with Gasteiger partial charge in [0.2, 0.25) is 5.91 Å². The molecule has 0 unspecified atom stereocenters. The number of rotatable bonds is 7. The monoisotopic (exact) mass is 378 g/mol. The highest BCUT2D eigenvalue weighted by Crippen LogP contribution is 2.27. The molecule has 3 rings (SSSR count). The normalized spacial score (nSPS) is 15.2. The molecule has 1 saturated carbocycles. The van der Waals surface area contributed by atoms with Crippen LogP contribution in [0.1, 0.15) is 49.8 Å². The summed E-state index contributed by atoms with van der Waals surface area (Å²) in [5, 5.41) is 5.63. The van der Waals surface area contributed by atoms with Crippen LogP contribution in [0.2, 0.25) is 0 Å². The third-order valence-corrected chi connectivity index (χ3v) is 6.27. The molecular formula is C19H23FN2OS2. The van der Waals surface area contributed by atoms with Crippen molar-refractivity contribution in [3.8, 4) is 0 Å². The second-order valence-electron chi connectivity index (χ2n) is 6.52. The van der Waals surface area contributed by atoms with Crippen LogP contribution in [0.15, 0.2) is 29.6 Å². The molecule has 1 aliphatic carbocycles. The zero-order valence-electron chi connectivity index (χ0n) is 14.2. The van der Waals surface area contributed by atoms with Crippen molar-refractivity contribution in [1.29, 1.82) is 0 Å². The number of hydrogen-bond acceptors (Lipinski definition) is 4. The molecule has 1 amide bonds. The number of hydrogen-bond donors (Lipinski definition) is 1. The average molecular weight is 379 g/mol. The Labute approximate surface area is 156 Å². The molecule has 1 aromatic heterocycles. The Morgan fingerprint density at radius 3 is 2.72 bits per heavy atom. The third kappa shape index (κ3) is 6.12. The van der Waals surface area contributed by atoms with Gasteiger partial charge in [-0.05, 0) is 36.5 Å². The van der Waals surface area contributed by atoms with Gasteiger partial charge in [0.15, 0.2) is 5.13 Å². The van der Waals surface area contributed by atoms with E-state index in [1.54, 1.807) is 23.9 Å². The first-order chi connectivity index (χ1) is 12.2. The molecule has 0 radical (unpaired) electrons. The number of carbonyl (C=O) groups excluding carboxylic acids is 1. The minimum Gasteiger partial charge on any atom is -0.302 e. The lowest BCUT2D eigenvalue weighted by atomic mass is 9.87. The van der Waals surface area contributed by atoms with Crippen molar-refractivity contribution < 1.29 is 9.18 Å². The number of carbonyl (C=O) groups is 1. The van der Waals surface area contributed by atoms with Gasteiger partial charge in [0.1, 0.15) is 5.82 Å². The zero-order valence-corrected chi connectivity index (χ0v) is 15.8. The summed E-state index contributed by atoms with van der Waals surface area (Å²) in [5.74, 6) is 2.03. The van der Waals surface area contributed by atoms with Crippen molar-refractivity contribution in [2.75, 3.05) is 5.32 Å². The maximum Gasteiger partial charge on any atom is 0.226 e. The van der Waals surface area contributed by atoms with Gasteiger partial charge in [-0.25, -0.2) is 9.37 Å². The lowest BCUT2D eigenvalue weighted by molar-refractivity contribution is -0.117. The molecule has 6 heteroatoms. The predicted molar refractivity (Wildman–Crippen MR) is 103 cm³/mol. The summed E-state index contributed by atoms with van der Waals surface area (Å²) < 4.78 is 12.9. The van der Waals surface area contributed by atoms with Crippen molar-refractivity contribution in [1.82, 2.24) is 4.98 Å². The Kier molecular flexibility index (Phi) is 6.87. The van der Waals surface area contributed by atoms with Gasteiger partial charge in [-0.1, -0.05) is 31.4 Å². The van der Waals surface area contributed by atoms with Gasteiger partial charge in [-0.3, -0.25) is 4.79 Å². The molecule has 1 N–H and O–H groups in total. The van der Waals surface area contributed by atoms with E-state index in [2.05, 4.69) is 10.3 Å². The van der Waals surface area contributed by atoms with Gasteiger partial charge in [0.05, 0.1) is 5.69 Å². The summed E-state index contributed by atoms with van der Waals surface area (Å²) in [5.41, 5.74) is 2.08. The second-order valence-corrected chi connectivity index (χ2v) is 8.36. The number of thioether (sulfide) groups is 1. The molecule has 1 fully saturated rings. The average Bonchev–Trinajstić information content (AvgIpc) is 3.04. The highest BCUT2D eigenvalue weighted by molar-refractivity contribution is 7.97. The fourth-order valence-corrected chi connectivity index (χ4v) is 4.83. The van der Waals surface area contributed by atoms with E-state index in [1.807, 2.05) is 5.38 Å². The van der Waals surface area contributed by atoms with Crippen LogP contribution in [0, 0.1) is 11.7 Å². The fourth-order valence-electron chi connectivity index (χ4n) is 3.11. The quantitative estimate of drug-likeness (QED) is 0.679. The SMILES string of the molecule is O=C(CC1CCCCC1)Nc1nc(CSCc2ccc(F)cc2)cs1. The first kappa shape index (κ1) is 18.4. The molecule has 25 heavy (non-hydrogen) atoms. The molecule has 3 nitrogen and oxygen atoms in total. The first-order valence-corrected chi connectivity index (χ1v) is 10.8. The lowest BCUT2D eigenvalue weighted by Gasteiger charge is -2.20. The number of aromatic nitrogens is 1. The summed E-state index contributed by atoms with van der Waals surface area (Å²) in [7, 11) is 0. The highest BCUT2D eigenvalue weighted by Gasteiger charge is 2.17. The summed E-state index contributed by atoms with van der Waals surface area (Å²) in [6, 6.07) is 6.58. The highest BCUT2D eigenvalue weighted by atomic mass is 32.2. The van der Waals surface area contributed by atoms with E-state index < -0.39 is 0 Å². The van der Waals surface area contributed by atoms with Gasteiger partial charge in [0, 0.05) is 23.3 Å². The van der Waals surface area contributed by atoms with E-state index in [1.165, 1.54) is 55.6 Å². The van der Waals surface area contributed by atoms with Crippen LogP contribution in [0.5, 0.6) is 0 Å². The summed E-state index contributed by atoms with van der Waals surface area (Å²) in [6.45, 7) is 0.